The molecule has 2 atom stereocenters. The summed E-state index contributed by atoms with van der Waals surface area (Å²) in [7, 11) is -1.89. The lowest BCUT2D eigenvalue weighted by Crippen LogP contribution is -2.50. The molecule has 2 aliphatic heterocycles. The molecule has 0 radical (unpaired) electrons. The summed E-state index contributed by atoms with van der Waals surface area (Å²) in [4.78, 5) is 15.3. The Balaban J connectivity index is 1.36. The lowest BCUT2D eigenvalue weighted by Gasteiger charge is -2.31. The fourth-order valence-corrected chi connectivity index (χ4v) is 6.65. The van der Waals surface area contributed by atoms with E-state index in [1.807, 2.05) is 12.1 Å². The molecule has 3 aromatic rings. The summed E-state index contributed by atoms with van der Waals surface area (Å²) in [6.07, 6.45) is 5.34. The highest BCUT2D eigenvalue weighted by atomic mass is 32.2. The average Bonchev–Trinajstić information content (AvgIpc) is 3.41. The van der Waals surface area contributed by atoms with Crippen molar-refractivity contribution < 1.29 is 17.9 Å². The molecule has 1 aromatic heterocycles. The Hall–Kier alpha value is -3.70. The maximum absolute atomic E-state index is 13.7. The van der Waals surface area contributed by atoms with Crippen LogP contribution < -0.4 is 10.1 Å². The third kappa shape index (κ3) is 6.07. The smallest absolute Gasteiger partial charge is 0.264 e. The van der Waals surface area contributed by atoms with Crippen LogP contribution in [0, 0.1) is 0 Å². The van der Waals surface area contributed by atoms with E-state index in [1.165, 1.54) is 18.0 Å². The number of sulfonamides is 1. The molecule has 11 heteroatoms. The van der Waals surface area contributed by atoms with Gasteiger partial charge in [0.05, 0.1) is 23.2 Å². The molecule has 0 fully saturated rings. The van der Waals surface area contributed by atoms with Crippen molar-refractivity contribution in [2.45, 2.75) is 82.4 Å². The van der Waals surface area contributed by atoms with Crippen molar-refractivity contribution in [3.63, 3.8) is 0 Å². The predicted molar refractivity (Wildman–Crippen MR) is 160 cm³/mol. The quantitative estimate of drug-likeness (QED) is 0.421. The molecular weight excluding hydrogens is 552 g/mol. The van der Waals surface area contributed by atoms with Crippen LogP contribution in [0.5, 0.6) is 5.75 Å². The summed E-state index contributed by atoms with van der Waals surface area (Å²) in [6, 6.07) is 12.5. The third-order valence-corrected chi connectivity index (χ3v) is 9.83. The van der Waals surface area contributed by atoms with Crippen molar-refractivity contribution in [2.24, 2.45) is 0 Å². The second-order valence-corrected chi connectivity index (χ2v) is 14.2. The summed E-state index contributed by atoms with van der Waals surface area (Å²) in [5.41, 5.74) is 3.64. The molecule has 224 valence electrons. The van der Waals surface area contributed by atoms with Gasteiger partial charge in [-0.2, -0.15) is 0 Å². The van der Waals surface area contributed by atoms with Gasteiger partial charge >= 0.3 is 0 Å². The van der Waals surface area contributed by atoms with E-state index in [-0.39, 0.29) is 22.8 Å². The Bertz CT molecular complexity index is 1570. The van der Waals surface area contributed by atoms with E-state index >= 15 is 0 Å². The van der Waals surface area contributed by atoms with Gasteiger partial charge in [-0.15, -0.1) is 5.10 Å². The van der Waals surface area contributed by atoms with Gasteiger partial charge in [-0.1, -0.05) is 50.3 Å². The molecule has 5 rings (SSSR count). The number of hydrogen-bond acceptors (Lipinski definition) is 7. The summed E-state index contributed by atoms with van der Waals surface area (Å²) >= 11 is 0. The first kappa shape index (κ1) is 29.8. The number of benzene rings is 2. The van der Waals surface area contributed by atoms with Crippen molar-refractivity contribution in [3.05, 3.63) is 83.4 Å². The van der Waals surface area contributed by atoms with Gasteiger partial charge in [-0.05, 0) is 55.6 Å². The minimum absolute atomic E-state index is 0.0754. The van der Waals surface area contributed by atoms with E-state index in [1.54, 1.807) is 23.0 Å². The van der Waals surface area contributed by atoms with Crippen LogP contribution in [0.15, 0.2) is 66.0 Å². The topological polar surface area (TPSA) is 110 Å². The van der Waals surface area contributed by atoms with Crippen molar-refractivity contribution in [1.82, 2.24) is 29.5 Å². The average molecular weight is 593 g/mol. The summed E-state index contributed by atoms with van der Waals surface area (Å²) in [5.74, 6) is 0.418. The normalized spacial score (nSPS) is 19.1. The van der Waals surface area contributed by atoms with Crippen molar-refractivity contribution in [3.8, 4) is 5.75 Å². The van der Waals surface area contributed by atoms with E-state index < -0.39 is 22.0 Å². The number of aromatic nitrogens is 3. The first-order valence-corrected chi connectivity index (χ1v) is 15.8. The molecule has 42 heavy (non-hydrogen) atoms. The van der Waals surface area contributed by atoms with Crippen LogP contribution in [0.25, 0.3) is 0 Å². The predicted octanol–water partition coefficient (Wildman–Crippen LogP) is 3.99. The molecule has 3 heterocycles. The van der Waals surface area contributed by atoms with Gasteiger partial charge in [0.1, 0.15) is 11.8 Å². The molecule has 2 aromatic carbocycles. The van der Waals surface area contributed by atoms with Crippen LogP contribution in [0.2, 0.25) is 0 Å². The van der Waals surface area contributed by atoms with E-state index in [0.29, 0.717) is 18.3 Å². The number of amides is 1. The molecule has 0 aliphatic carbocycles. The van der Waals surface area contributed by atoms with Crippen molar-refractivity contribution in [1.29, 1.82) is 0 Å². The Morgan fingerprint density at radius 2 is 1.88 bits per heavy atom. The maximum atomic E-state index is 13.7. The van der Waals surface area contributed by atoms with Crippen LogP contribution in [0.1, 0.15) is 69.5 Å². The zero-order valence-corrected chi connectivity index (χ0v) is 25.9. The van der Waals surface area contributed by atoms with E-state index in [2.05, 4.69) is 80.4 Å². The zero-order valence-electron chi connectivity index (χ0n) is 25.1. The largest absolute Gasteiger partial charge is 0.493 e. The van der Waals surface area contributed by atoms with E-state index in [0.717, 1.165) is 34.1 Å². The molecule has 0 saturated heterocycles. The second-order valence-electron chi connectivity index (χ2n) is 12.4. The number of nitrogens with zero attached hydrogens (tertiary/aromatic N) is 5. The van der Waals surface area contributed by atoms with Gasteiger partial charge in [0.25, 0.3) is 10.0 Å². The summed E-state index contributed by atoms with van der Waals surface area (Å²) in [6.45, 7) is 11.9. The highest BCUT2D eigenvalue weighted by Gasteiger charge is 2.36. The minimum atomic E-state index is -3.99. The summed E-state index contributed by atoms with van der Waals surface area (Å²) < 4.78 is 36.2. The number of hydrogen-bond donors (Lipinski definition) is 1. The molecule has 0 bridgehead atoms. The standard InChI is InChI=1S/C31H40N6O4S/c1-21(2)35(6)19-22-7-12-26-27(13-16-41-29(26)17-22)36-20-24(33-34-36)18-28-30(38)32-14-15-37(28)42(39,40)25-10-8-23(9-11-25)31(3,4)5/h7-12,14-15,17,20-21,27-28H,13,16,18-19H2,1-6H3,(H,32,38). The van der Waals surface area contributed by atoms with E-state index in [9.17, 15) is 13.2 Å². The van der Waals surface area contributed by atoms with Gasteiger partial charge in [0.2, 0.25) is 5.91 Å². The Morgan fingerprint density at radius 3 is 2.57 bits per heavy atom. The molecule has 2 aliphatic rings. The van der Waals surface area contributed by atoms with Crippen LogP contribution >= 0.6 is 0 Å². The SMILES string of the molecule is CC(C)N(C)Cc1ccc2c(c1)OCCC2n1cc(CC2C(=O)NC=CN2S(=O)(=O)c2ccc(C(C)(C)C)cc2)nn1. The molecule has 10 nitrogen and oxygen atoms in total. The van der Waals surface area contributed by atoms with Crippen LogP contribution in [0.4, 0.5) is 0 Å². The second kappa shape index (κ2) is 11.5. The number of ether oxygens (including phenoxy) is 1. The lowest BCUT2D eigenvalue weighted by molar-refractivity contribution is -0.124. The van der Waals surface area contributed by atoms with Crippen LogP contribution in [0.3, 0.4) is 0 Å². The number of fused-ring (bicyclic) bond motifs is 1. The highest BCUT2D eigenvalue weighted by molar-refractivity contribution is 7.89. The number of carbonyl (C=O) groups excluding carboxylic acids is 1. The molecule has 1 N–H and O–H groups in total. The summed E-state index contributed by atoms with van der Waals surface area (Å²) in [5, 5.41) is 11.4. The fraction of sp³-hybridized carbons (Fsp3) is 0.452. The van der Waals surface area contributed by atoms with Gasteiger partial charge in [-0.3, -0.25) is 14.0 Å². The molecular formula is C31H40N6O4S. The van der Waals surface area contributed by atoms with Gasteiger partial charge in [0.15, 0.2) is 0 Å². The van der Waals surface area contributed by atoms with E-state index in [4.69, 9.17) is 4.74 Å². The van der Waals surface area contributed by atoms with Crippen molar-refractivity contribution >= 4 is 15.9 Å². The minimum Gasteiger partial charge on any atom is -0.493 e. The Kier molecular flexibility index (Phi) is 8.17. The molecule has 1 amide bonds. The number of rotatable bonds is 8. The van der Waals surface area contributed by atoms with Gasteiger partial charge in [-0.25, -0.2) is 13.1 Å². The Labute approximate surface area is 248 Å². The Morgan fingerprint density at radius 1 is 1.14 bits per heavy atom. The van der Waals surface area contributed by atoms with Crippen LogP contribution in [-0.2, 0) is 33.2 Å². The first-order valence-electron chi connectivity index (χ1n) is 14.3. The monoisotopic (exact) mass is 592 g/mol. The van der Waals surface area contributed by atoms with Crippen LogP contribution in [-0.4, -0.2) is 64.3 Å². The fourth-order valence-electron chi connectivity index (χ4n) is 5.20. The van der Waals surface area contributed by atoms with Gasteiger partial charge < -0.3 is 10.1 Å². The molecule has 0 spiro atoms. The number of nitrogens with one attached hydrogen (secondary N) is 1. The lowest BCUT2D eigenvalue weighted by atomic mass is 9.87. The maximum Gasteiger partial charge on any atom is 0.264 e. The van der Waals surface area contributed by atoms with Crippen molar-refractivity contribution in [2.75, 3.05) is 13.7 Å². The number of carbonyl (C=O) groups is 1. The molecule has 0 saturated carbocycles. The third-order valence-electron chi connectivity index (χ3n) is 8.03. The molecule has 2 unspecified atom stereocenters. The first-order chi connectivity index (χ1) is 19.8. The zero-order chi connectivity index (χ0) is 30.2. The highest BCUT2D eigenvalue weighted by Crippen LogP contribution is 2.35. The van der Waals surface area contributed by atoms with Gasteiger partial charge in [0, 0.05) is 49.6 Å².